The molecule has 0 aromatic carbocycles. The van der Waals surface area contributed by atoms with E-state index in [9.17, 15) is 4.79 Å². The Kier molecular flexibility index (Phi) is 7.06. The van der Waals surface area contributed by atoms with Gasteiger partial charge in [0.2, 0.25) is 0 Å². The highest BCUT2D eigenvalue weighted by Crippen LogP contribution is 2.08. The van der Waals surface area contributed by atoms with Crippen LogP contribution in [-0.2, 0) is 19.0 Å². The molecule has 82 valence electrons. The van der Waals surface area contributed by atoms with Crippen molar-refractivity contribution in [2.45, 2.75) is 20.0 Å². The largest absolute Gasteiger partial charge is 0.466 e. The van der Waals surface area contributed by atoms with Crippen molar-refractivity contribution in [2.75, 3.05) is 21.0 Å². The minimum absolute atomic E-state index is 0.131. The molecule has 0 rings (SSSR count). The SMILES string of the molecule is COCOC(/C=C/C(=O)OC)C(C)C. The summed E-state index contributed by atoms with van der Waals surface area (Å²) in [6.07, 6.45) is 2.91. The molecule has 0 saturated heterocycles. The van der Waals surface area contributed by atoms with Crippen molar-refractivity contribution in [3.63, 3.8) is 0 Å². The van der Waals surface area contributed by atoms with E-state index in [0.717, 1.165) is 0 Å². The van der Waals surface area contributed by atoms with Gasteiger partial charge in [-0.2, -0.15) is 0 Å². The fourth-order valence-electron chi connectivity index (χ4n) is 0.858. The van der Waals surface area contributed by atoms with Gasteiger partial charge < -0.3 is 14.2 Å². The molecular formula is C10H18O4. The fourth-order valence-corrected chi connectivity index (χ4v) is 0.858. The van der Waals surface area contributed by atoms with Crippen molar-refractivity contribution in [2.24, 2.45) is 5.92 Å². The van der Waals surface area contributed by atoms with Crippen LogP contribution in [0.1, 0.15) is 13.8 Å². The van der Waals surface area contributed by atoms with Crippen LogP contribution in [0.3, 0.4) is 0 Å². The molecule has 0 bridgehead atoms. The van der Waals surface area contributed by atoms with Gasteiger partial charge in [-0.3, -0.25) is 0 Å². The molecule has 1 atom stereocenters. The maximum Gasteiger partial charge on any atom is 0.330 e. The van der Waals surface area contributed by atoms with Gasteiger partial charge in [0.15, 0.2) is 0 Å². The zero-order valence-corrected chi connectivity index (χ0v) is 9.15. The van der Waals surface area contributed by atoms with Crippen LogP contribution >= 0.6 is 0 Å². The Balaban J connectivity index is 4.08. The Morgan fingerprint density at radius 2 is 2.00 bits per heavy atom. The highest BCUT2D eigenvalue weighted by molar-refractivity contribution is 5.81. The lowest BCUT2D eigenvalue weighted by Gasteiger charge is -2.16. The smallest absolute Gasteiger partial charge is 0.330 e. The van der Waals surface area contributed by atoms with Crippen LogP contribution in [0.25, 0.3) is 0 Å². The average Bonchev–Trinajstić information content (AvgIpc) is 2.16. The molecule has 0 radical (unpaired) electrons. The Morgan fingerprint density at radius 3 is 2.43 bits per heavy atom. The van der Waals surface area contributed by atoms with Gasteiger partial charge >= 0.3 is 5.97 Å². The quantitative estimate of drug-likeness (QED) is 0.370. The van der Waals surface area contributed by atoms with E-state index in [2.05, 4.69) is 4.74 Å². The number of carbonyl (C=O) groups excluding carboxylic acids is 1. The van der Waals surface area contributed by atoms with Gasteiger partial charge in [-0.1, -0.05) is 13.8 Å². The summed E-state index contributed by atoms with van der Waals surface area (Å²) in [4.78, 5) is 10.8. The normalized spacial score (nSPS) is 13.5. The zero-order chi connectivity index (χ0) is 11.0. The molecule has 0 heterocycles. The number of hydrogen-bond donors (Lipinski definition) is 0. The summed E-state index contributed by atoms with van der Waals surface area (Å²) in [6, 6.07) is 0. The third-order valence-corrected chi connectivity index (χ3v) is 1.66. The first-order valence-corrected chi connectivity index (χ1v) is 4.48. The number of carbonyl (C=O) groups is 1. The minimum atomic E-state index is -0.378. The van der Waals surface area contributed by atoms with Crippen LogP contribution in [0.5, 0.6) is 0 Å². The Labute approximate surface area is 84.8 Å². The van der Waals surface area contributed by atoms with Crippen molar-refractivity contribution in [1.82, 2.24) is 0 Å². The molecular weight excluding hydrogens is 184 g/mol. The maximum absolute atomic E-state index is 10.8. The second-order valence-electron chi connectivity index (χ2n) is 3.16. The molecule has 0 aliphatic rings. The summed E-state index contributed by atoms with van der Waals surface area (Å²) >= 11 is 0. The summed E-state index contributed by atoms with van der Waals surface area (Å²) in [5.74, 6) is -0.0947. The van der Waals surface area contributed by atoms with E-state index >= 15 is 0 Å². The number of esters is 1. The van der Waals surface area contributed by atoms with Crippen LogP contribution in [0.4, 0.5) is 0 Å². The molecule has 0 aliphatic heterocycles. The molecule has 0 aromatic heterocycles. The van der Waals surface area contributed by atoms with Gasteiger partial charge in [0.1, 0.15) is 6.79 Å². The predicted octanol–water partition coefficient (Wildman–Crippen LogP) is 1.36. The number of ether oxygens (including phenoxy) is 3. The molecule has 0 N–H and O–H groups in total. The van der Waals surface area contributed by atoms with Crippen LogP contribution < -0.4 is 0 Å². The van der Waals surface area contributed by atoms with E-state index in [1.165, 1.54) is 13.2 Å². The lowest BCUT2D eigenvalue weighted by atomic mass is 10.1. The van der Waals surface area contributed by atoms with E-state index in [-0.39, 0.29) is 24.8 Å². The first-order chi connectivity index (χ1) is 6.61. The van der Waals surface area contributed by atoms with Crippen LogP contribution in [0, 0.1) is 5.92 Å². The fraction of sp³-hybridized carbons (Fsp3) is 0.700. The third-order valence-electron chi connectivity index (χ3n) is 1.66. The van der Waals surface area contributed by atoms with Gasteiger partial charge in [0.25, 0.3) is 0 Å². The third kappa shape index (κ3) is 5.72. The van der Waals surface area contributed by atoms with Crippen LogP contribution in [0.15, 0.2) is 12.2 Å². The van der Waals surface area contributed by atoms with E-state index in [0.29, 0.717) is 0 Å². The first kappa shape index (κ1) is 13.1. The molecule has 14 heavy (non-hydrogen) atoms. The lowest BCUT2D eigenvalue weighted by molar-refractivity contribution is -0.135. The van der Waals surface area contributed by atoms with Crippen molar-refractivity contribution in [3.8, 4) is 0 Å². The topological polar surface area (TPSA) is 44.8 Å². The second kappa shape index (κ2) is 7.53. The zero-order valence-electron chi connectivity index (χ0n) is 9.15. The highest BCUT2D eigenvalue weighted by Gasteiger charge is 2.10. The van der Waals surface area contributed by atoms with E-state index < -0.39 is 0 Å². The molecule has 4 heteroatoms. The minimum Gasteiger partial charge on any atom is -0.466 e. The predicted molar refractivity (Wildman–Crippen MR) is 52.7 cm³/mol. The maximum atomic E-state index is 10.8. The summed E-state index contributed by atoms with van der Waals surface area (Å²) in [7, 11) is 2.90. The summed E-state index contributed by atoms with van der Waals surface area (Å²) in [5, 5.41) is 0. The van der Waals surface area contributed by atoms with Crippen LogP contribution in [-0.4, -0.2) is 33.1 Å². The number of rotatable bonds is 6. The number of methoxy groups -OCH3 is 2. The van der Waals surface area contributed by atoms with E-state index in [1.54, 1.807) is 13.2 Å². The molecule has 1 unspecified atom stereocenters. The highest BCUT2D eigenvalue weighted by atomic mass is 16.7. The van der Waals surface area contributed by atoms with Gasteiger partial charge in [-0.15, -0.1) is 0 Å². The van der Waals surface area contributed by atoms with Gasteiger partial charge in [0.05, 0.1) is 13.2 Å². The van der Waals surface area contributed by atoms with Gasteiger partial charge in [-0.05, 0) is 12.0 Å². The van der Waals surface area contributed by atoms with Crippen molar-refractivity contribution in [1.29, 1.82) is 0 Å². The standard InChI is InChI=1S/C10H18O4/c1-8(2)9(14-7-12-3)5-6-10(11)13-4/h5-6,8-9H,7H2,1-4H3/b6-5+. The molecule has 0 spiro atoms. The van der Waals surface area contributed by atoms with E-state index in [4.69, 9.17) is 9.47 Å². The molecule has 0 aliphatic carbocycles. The van der Waals surface area contributed by atoms with Gasteiger partial charge in [-0.25, -0.2) is 4.79 Å². The second-order valence-corrected chi connectivity index (χ2v) is 3.16. The number of hydrogen-bond acceptors (Lipinski definition) is 4. The molecule has 4 nitrogen and oxygen atoms in total. The average molecular weight is 202 g/mol. The summed E-state index contributed by atoms with van der Waals surface area (Å²) in [6.45, 7) is 4.22. The van der Waals surface area contributed by atoms with E-state index in [1.807, 2.05) is 13.8 Å². The van der Waals surface area contributed by atoms with Crippen molar-refractivity contribution >= 4 is 5.97 Å². The summed E-state index contributed by atoms with van der Waals surface area (Å²) in [5.41, 5.74) is 0. The van der Waals surface area contributed by atoms with Crippen molar-refractivity contribution < 1.29 is 19.0 Å². The summed E-state index contributed by atoms with van der Waals surface area (Å²) < 4.78 is 14.6. The Morgan fingerprint density at radius 1 is 1.36 bits per heavy atom. The Hall–Kier alpha value is -0.870. The first-order valence-electron chi connectivity index (χ1n) is 4.48. The molecule has 0 amide bonds. The molecule has 0 saturated carbocycles. The lowest BCUT2D eigenvalue weighted by Crippen LogP contribution is -2.18. The van der Waals surface area contributed by atoms with Crippen molar-refractivity contribution in [3.05, 3.63) is 12.2 Å². The van der Waals surface area contributed by atoms with Crippen LogP contribution in [0.2, 0.25) is 0 Å². The monoisotopic (exact) mass is 202 g/mol. The molecule has 0 aromatic rings. The molecule has 0 fully saturated rings. The van der Waals surface area contributed by atoms with Gasteiger partial charge in [0, 0.05) is 13.2 Å². The Bertz CT molecular complexity index is 187.